The van der Waals surface area contributed by atoms with E-state index in [0.29, 0.717) is 20.3 Å². The predicted molar refractivity (Wildman–Crippen MR) is 144 cm³/mol. The van der Waals surface area contributed by atoms with E-state index in [0.717, 1.165) is 24.6 Å². The van der Waals surface area contributed by atoms with Gasteiger partial charge >= 0.3 is 5.91 Å². The van der Waals surface area contributed by atoms with Gasteiger partial charge in [-0.1, -0.05) is 28.1 Å². The minimum absolute atomic E-state index is 0.168. The van der Waals surface area contributed by atoms with Crippen molar-refractivity contribution in [3.63, 3.8) is 0 Å². The fraction of sp³-hybridized carbons (Fsp3) is 0.0435. The van der Waals surface area contributed by atoms with E-state index in [1.54, 1.807) is 30.3 Å². The molecule has 168 valence electrons. The minimum Gasteiger partial charge on any atom is -0.487 e. The molecule has 0 fully saturated rings. The number of benzene rings is 3. The second kappa shape index (κ2) is 10.7. The lowest BCUT2D eigenvalue weighted by molar-refractivity contribution is 0.0929. The lowest BCUT2D eigenvalue weighted by Gasteiger charge is -2.11. The van der Waals surface area contributed by atoms with Gasteiger partial charge in [0, 0.05) is 9.86 Å². The molecular weight excluding hydrogens is 738 g/mol. The Bertz CT molecular complexity index is 1370. The zero-order valence-corrected chi connectivity index (χ0v) is 23.5. The third-order valence-corrected chi connectivity index (χ3v) is 6.87. The van der Waals surface area contributed by atoms with Crippen LogP contribution in [-0.2, 0) is 6.61 Å². The highest BCUT2D eigenvalue weighted by molar-refractivity contribution is 14.1. The van der Waals surface area contributed by atoms with Crippen molar-refractivity contribution in [1.82, 2.24) is 5.43 Å². The highest BCUT2D eigenvalue weighted by atomic mass is 127. The molecule has 5 nitrogen and oxygen atoms in total. The summed E-state index contributed by atoms with van der Waals surface area (Å²) < 4.78 is 28.0. The predicted octanol–water partition coefficient (Wildman–Crippen LogP) is 7.81. The third-order valence-electron chi connectivity index (χ3n) is 4.43. The maximum absolute atomic E-state index is 13.3. The van der Waals surface area contributed by atoms with Gasteiger partial charge in [0.2, 0.25) is 0 Å². The van der Waals surface area contributed by atoms with Crippen molar-refractivity contribution in [2.24, 2.45) is 5.10 Å². The normalized spacial score (nSPS) is 11.3. The topological polar surface area (TPSA) is 63.8 Å². The van der Waals surface area contributed by atoms with E-state index >= 15 is 0 Å². The molecule has 0 radical (unpaired) electrons. The largest absolute Gasteiger partial charge is 0.487 e. The molecule has 0 saturated heterocycles. The summed E-state index contributed by atoms with van der Waals surface area (Å²) in [5, 5.41) is 4.85. The molecule has 0 aliphatic heterocycles. The molecule has 33 heavy (non-hydrogen) atoms. The Balaban J connectivity index is 1.43. The standard InChI is InChI=1S/C23H13Br3FIN2O3/c24-15-7-14-8-20(33-21(14)19(28)9-15)23(31)30-29-10-13-5-17(25)22(18(26)6-13)32-11-12-2-1-3-16(27)4-12/h1-10H,11H2,(H,30,31)/b29-10-. The summed E-state index contributed by atoms with van der Waals surface area (Å²) in [5.74, 6) is -0.0271. The van der Waals surface area contributed by atoms with Crippen LogP contribution in [0.5, 0.6) is 5.75 Å². The summed E-state index contributed by atoms with van der Waals surface area (Å²) in [6.45, 7) is 0.214. The molecule has 0 saturated carbocycles. The molecule has 3 aromatic carbocycles. The third kappa shape index (κ3) is 6.03. The quantitative estimate of drug-likeness (QED) is 0.124. The van der Waals surface area contributed by atoms with Crippen LogP contribution in [0.15, 0.2) is 77.5 Å². The molecule has 1 aromatic heterocycles. The molecule has 1 amide bonds. The van der Waals surface area contributed by atoms with E-state index in [4.69, 9.17) is 9.15 Å². The Hall–Kier alpha value is -1.76. The average Bonchev–Trinajstić information content (AvgIpc) is 3.18. The average molecular weight is 751 g/mol. The van der Waals surface area contributed by atoms with Crippen molar-refractivity contribution in [3.05, 3.63) is 94.3 Å². The maximum Gasteiger partial charge on any atom is 0.307 e. The zero-order chi connectivity index (χ0) is 23.5. The zero-order valence-electron chi connectivity index (χ0n) is 16.5. The van der Waals surface area contributed by atoms with Crippen LogP contribution < -0.4 is 10.2 Å². The minimum atomic E-state index is -0.456. The van der Waals surface area contributed by atoms with Gasteiger partial charge < -0.3 is 9.15 Å². The number of fused-ring (bicyclic) bond motifs is 1. The number of amides is 1. The number of furan rings is 1. The van der Waals surface area contributed by atoms with Crippen LogP contribution in [0.1, 0.15) is 21.7 Å². The molecule has 0 spiro atoms. The van der Waals surface area contributed by atoms with Gasteiger partial charge in [-0.3, -0.25) is 4.79 Å². The summed E-state index contributed by atoms with van der Waals surface area (Å²) >= 11 is 12.5. The molecular formula is C23H13Br3FIN2O3. The summed E-state index contributed by atoms with van der Waals surface area (Å²) in [6.07, 6.45) is 1.51. The van der Waals surface area contributed by atoms with E-state index in [1.165, 1.54) is 18.3 Å². The first-order valence-corrected chi connectivity index (χ1v) is 12.8. The number of carbonyl (C=O) groups excluding carboxylic acids is 1. The number of hydrogen-bond donors (Lipinski definition) is 1. The van der Waals surface area contributed by atoms with Crippen LogP contribution in [-0.4, -0.2) is 12.1 Å². The molecule has 1 N–H and O–H groups in total. The number of carbonyl (C=O) groups is 1. The van der Waals surface area contributed by atoms with Crippen LogP contribution in [0.25, 0.3) is 11.0 Å². The van der Waals surface area contributed by atoms with E-state index < -0.39 is 5.91 Å². The number of rotatable bonds is 6. The number of nitrogens with one attached hydrogen (secondary N) is 1. The summed E-state index contributed by atoms with van der Waals surface area (Å²) in [4.78, 5) is 12.4. The molecule has 4 rings (SSSR count). The molecule has 0 aliphatic rings. The first kappa shape index (κ1) is 24.4. The van der Waals surface area contributed by atoms with Crippen molar-refractivity contribution in [2.75, 3.05) is 0 Å². The lowest BCUT2D eigenvalue weighted by Crippen LogP contribution is -2.16. The number of hydrazone groups is 1. The van der Waals surface area contributed by atoms with Gasteiger partial charge in [-0.15, -0.1) is 0 Å². The lowest BCUT2D eigenvalue weighted by atomic mass is 10.2. The van der Waals surface area contributed by atoms with Gasteiger partial charge in [-0.25, -0.2) is 9.82 Å². The second-order valence-corrected chi connectivity index (χ2v) is 10.6. The Morgan fingerprint density at radius 1 is 1.12 bits per heavy atom. The molecule has 10 heteroatoms. The molecule has 0 aliphatic carbocycles. The van der Waals surface area contributed by atoms with Crippen LogP contribution in [0.2, 0.25) is 0 Å². The smallest absolute Gasteiger partial charge is 0.307 e. The Kier molecular flexibility index (Phi) is 7.87. The van der Waals surface area contributed by atoms with E-state index in [9.17, 15) is 9.18 Å². The molecule has 0 unspecified atom stereocenters. The Labute approximate surface area is 227 Å². The SMILES string of the molecule is O=C(N/N=C\c1cc(Br)c(OCc2cccc(F)c2)c(Br)c1)c1cc2cc(Br)cc(I)c2o1. The maximum atomic E-state index is 13.3. The highest BCUT2D eigenvalue weighted by Gasteiger charge is 2.14. The second-order valence-electron chi connectivity index (χ2n) is 6.85. The van der Waals surface area contributed by atoms with E-state index in [1.807, 2.05) is 12.1 Å². The van der Waals surface area contributed by atoms with Crippen molar-refractivity contribution < 1.29 is 18.3 Å². The first-order valence-electron chi connectivity index (χ1n) is 9.38. The van der Waals surface area contributed by atoms with Gasteiger partial charge in [0.25, 0.3) is 0 Å². The molecule has 0 bridgehead atoms. The van der Waals surface area contributed by atoms with E-state index in [-0.39, 0.29) is 18.2 Å². The number of nitrogens with zero attached hydrogens (tertiary/aromatic N) is 1. The van der Waals surface area contributed by atoms with Crippen LogP contribution in [0.4, 0.5) is 4.39 Å². The van der Waals surface area contributed by atoms with Crippen LogP contribution in [0, 0.1) is 9.39 Å². The van der Waals surface area contributed by atoms with Crippen molar-refractivity contribution >= 4 is 93.5 Å². The highest BCUT2D eigenvalue weighted by Crippen LogP contribution is 2.35. The molecule has 1 heterocycles. The van der Waals surface area contributed by atoms with Gasteiger partial charge in [0.05, 0.1) is 18.7 Å². The van der Waals surface area contributed by atoms with Crippen molar-refractivity contribution in [2.45, 2.75) is 6.61 Å². The summed E-state index contributed by atoms with van der Waals surface area (Å²) in [7, 11) is 0. The Morgan fingerprint density at radius 2 is 1.88 bits per heavy atom. The number of hydrogen-bond acceptors (Lipinski definition) is 4. The molecule has 4 aromatic rings. The van der Waals surface area contributed by atoms with Crippen molar-refractivity contribution in [1.29, 1.82) is 0 Å². The fourth-order valence-electron chi connectivity index (χ4n) is 2.98. The van der Waals surface area contributed by atoms with Crippen LogP contribution in [0.3, 0.4) is 0 Å². The van der Waals surface area contributed by atoms with Crippen molar-refractivity contribution in [3.8, 4) is 5.75 Å². The Morgan fingerprint density at radius 3 is 2.61 bits per heavy atom. The summed E-state index contributed by atoms with van der Waals surface area (Å²) in [5.41, 5.74) is 4.56. The fourth-order valence-corrected chi connectivity index (χ4v) is 6.09. The monoisotopic (exact) mass is 748 g/mol. The van der Waals surface area contributed by atoms with Gasteiger partial charge in [0.1, 0.15) is 23.8 Å². The number of ether oxygens (including phenoxy) is 1. The van der Waals surface area contributed by atoms with E-state index in [2.05, 4.69) is 80.9 Å². The van der Waals surface area contributed by atoms with Gasteiger partial charge in [0.15, 0.2) is 5.76 Å². The molecule has 0 atom stereocenters. The summed E-state index contributed by atoms with van der Waals surface area (Å²) in [6, 6.07) is 15.3. The van der Waals surface area contributed by atoms with Gasteiger partial charge in [-0.2, -0.15) is 5.10 Å². The van der Waals surface area contributed by atoms with Crippen LogP contribution >= 0.6 is 70.4 Å². The number of halogens is 5. The first-order chi connectivity index (χ1) is 15.8. The van der Waals surface area contributed by atoms with Gasteiger partial charge in [-0.05, 0) is 108 Å².